The van der Waals surface area contributed by atoms with Gasteiger partial charge in [-0.2, -0.15) is 0 Å². The molecule has 0 fully saturated rings. The normalized spacial score (nSPS) is 12.0. The number of nitrogen functional groups attached to an aromatic ring is 1. The molecule has 0 aromatic heterocycles. The average molecular weight is 517 g/mol. The summed E-state index contributed by atoms with van der Waals surface area (Å²) in [5, 5.41) is 14.6. The molecule has 10 nitrogen and oxygen atoms in total. The van der Waals surface area contributed by atoms with Crippen LogP contribution in [0.25, 0.3) is 0 Å². The summed E-state index contributed by atoms with van der Waals surface area (Å²) in [6.45, 7) is 0. The molecule has 32 heavy (non-hydrogen) atoms. The van der Waals surface area contributed by atoms with E-state index in [1.807, 2.05) is 0 Å². The molecule has 0 aliphatic carbocycles. The third kappa shape index (κ3) is 6.29. The third-order valence-electron chi connectivity index (χ3n) is 3.96. The summed E-state index contributed by atoms with van der Waals surface area (Å²) in [4.78, 5) is 12.7. The second kappa shape index (κ2) is 10.3. The van der Waals surface area contributed by atoms with Crippen molar-refractivity contribution >= 4 is 64.6 Å². The van der Waals surface area contributed by atoms with Crippen LogP contribution in [-0.2, 0) is 8.53 Å². The van der Waals surface area contributed by atoms with Crippen LogP contribution in [0.4, 0.5) is 22.7 Å². The Morgan fingerprint density at radius 1 is 1.00 bits per heavy atom. The number of rotatable bonds is 5. The molecule has 6 N–H and O–H groups in total. The number of benzene rings is 3. The molecule has 1 amide bonds. The van der Waals surface area contributed by atoms with Gasteiger partial charge in [0.25, 0.3) is 0 Å². The van der Waals surface area contributed by atoms with Gasteiger partial charge in [0, 0.05) is 0 Å². The molecule has 0 heterocycles. The number of halogens is 1. The topological polar surface area (TPSA) is 162 Å². The number of anilines is 3. The molecule has 0 atom stereocenters. The molecule has 0 aliphatic heterocycles. The number of azo groups is 1. The number of carbonyl (C=O) groups excluding carboxylic acids is 1. The molecular weight excluding hydrogens is 499 g/mol. The molecule has 0 unspecified atom stereocenters. The maximum absolute atomic E-state index is 12.7. The Kier molecular flexibility index (Phi) is 7.44. The first-order chi connectivity index (χ1) is 15.2. The van der Waals surface area contributed by atoms with E-state index in [2.05, 4.69) is 26.1 Å². The van der Waals surface area contributed by atoms with E-state index in [0.717, 1.165) is 0 Å². The monoisotopic (exact) mass is 516 g/mol. The van der Waals surface area contributed by atoms with E-state index in [-0.39, 0.29) is 20.7 Å². The number of nitrogens with zero attached hydrogens (tertiary/aromatic N) is 3. The van der Waals surface area contributed by atoms with Gasteiger partial charge < -0.3 is 0 Å². The summed E-state index contributed by atoms with van der Waals surface area (Å²) in [5.74, 6) is -1.12. The molecule has 3 rings (SSSR count). The average Bonchev–Trinajstić information content (AvgIpc) is 2.75. The van der Waals surface area contributed by atoms with Gasteiger partial charge in [-0.25, -0.2) is 0 Å². The minimum absolute atomic E-state index is 0.0331. The number of carbonyl (C=O) groups is 1. The van der Waals surface area contributed by atoms with E-state index in [4.69, 9.17) is 17.3 Å². The molecular formula is C20H18AsClN6O4. The van der Waals surface area contributed by atoms with E-state index in [9.17, 15) is 16.7 Å². The summed E-state index contributed by atoms with van der Waals surface area (Å²) in [7, 11) is 0. The predicted octanol–water partition coefficient (Wildman–Crippen LogP) is 2.63. The van der Waals surface area contributed by atoms with E-state index in [1.165, 1.54) is 30.3 Å². The van der Waals surface area contributed by atoms with Crippen molar-refractivity contribution in [3.8, 4) is 0 Å². The first-order valence-corrected chi connectivity index (χ1v) is 12.8. The Labute approximate surface area is 190 Å². The Hall–Kier alpha value is -3.43. The number of nitrogens with one attached hydrogen (secondary N) is 2. The second-order valence-corrected chi connectivity index (χ2v) is 10.0. The standard InChI is InChI=1S/C20H18AsClN6O4/c22-16-12-13(23)10-11-18(16)26-28-19(20(29)24-14-6-2-1-3-7-14)27-25-17-9-5-4-8-15(17)21(30,31)32/h1-12,25H,23H2,(H,24,29)(H2,30,31,32)/b27-19-,28-26?. The van der Waals surface area contributed by atoms with Gasteiger partial charge in [0.05, 0.1) is 0 Å². The molecule has 0 saturated carbocycles. The zero-order valence-corrected chi connectivity index (χ0v) is 19.0. The zero-order valence-electron chi connectivity index (χ0n) is 16.4. The van der Waals surface area contributed by atoms with Crippen molar-refractivity contribution in [2.24, 2.45) is 15.3 Å². The predicted molar refractivity (Wildman–Crippen MR) is 123 cm³/mol. The Balaban J connectivity index is 1.94. The fraction of sp³-hybridized carbons (Fsp3) is 0. The molecule has 0 aliphatic rings. The fourth-order valence-electron chi connectivity index (χ4n) is 2.47. The van der Waals surface area contributed by atoms with Crippen molar-refractivity contribution in [2.75, 3.05) is 16.5 Å². The Morgan fingerprint density at radius 3 is 2.38 bits per heavy atom. The number of hydrogen-bond acceptors (Lipinski definition) is 6. The molecule has 0 bridgehead atoms. The van der Waals surface area contributed by atoms with Crippen molar-refractivity contribution < 1.29 is 16.7 Å². The summed E-state index contributed by atoms with van der Waals surface area (Å²) < 4.78 is 30.7. The third-order valence-corrected chi connectivity index (χ3v) is 6.40. The summed E-state index contributed by atoms with van der Waals surface area (Å²) in [6, 6.07) is 18.9. The SMILES string of the molecule is Nc1ccc(N=N/C(=N\Nc2ccccc2[As](=O)(O)O)C(=O)Nc2ccccc2)c(Cl)c1. The molecule has 0 spiro atoms. The Bertz CT molecular complexity index is 1230. The van der Waals surface area contributed by atoms with Crippen LogP contribution in [0.1, 0.15) is 0 Å². The zero-order chi connectivity index (χ0) is 23.1. The minimum atomic E-state index is -5.25. The van der Waals surface area contributed by atoms with Gasteiger partial charge in [-0.15, -0.1) is 0 Å². The van der Waals surface area contributed by atoms with E-state index in [0.29, 0.717) is 11.4 Å². The first-order valence-electron chi connectivity index (χ1n) is 9.06. The molecule has 3 aromatic carbocycles. The van der Waals surface area contributed by atoms with E-state index < -0.39 is 25.9 Å². The van der Waals surface area contributed by atoms with Crippen LogP contribution in [0.15, 0.2) is 88.1 Å². The van der Waals surface area contributed by atoms with Crippen LogP contribution >= 0.6 is 11.6 Å². The summed E-state index contributed by atoms with van der Waals surface area (Å²) in [6.07, 6.45) is 0. The van der Waals surface area contributed by atoms with Gasteiger partial charge in [0.15, 0.2) is 0 Å². The van der Waals surface area contributed by atoms with Gasteiger partial charge in [0.1, 0.15) is 0 Å². The van der Waals surface area contributed by atoms with Crippen LogP contribution < -0.4 is 20.8 Å². The van der Waals surface area contributed by atoms with Gasteiger partial charge in [-0.1, -0.05) is 0 Å². The van der Waals surface area contributed by atoms with Gasteiger partial charge in [-0.3, -0.25) is 0 Å². The summed E-state index contributed by atoms with van der Waals surface area (Å²) >= 11 is 0.844. The number of hydrazone groups is 1. The quantitative estimate of drug-likeness (QED) is 0.0874. The van der Waals surface area contributed by atoms with Crippen LogP contribution in [0.5, 0.6) is 0 Å². The molecule has 164 valence electrons. The number of amides is 1. The van der Waals surface area contributed by atoms with Crippen LogP contribution in [0.3, 0.4) is 0 Å². The second-order valence-electron chi connectivity index (χ2n) is 6.34. The molecule has 3 aromatic rings. The molecule has 0 saturated heterocycles. The van der Waals surface area contributed by atoms with Crippen molar-refractivity contribution in [3.05, 3.63) is 77.8 Å². The van der Waals surface area contributed by atoms with Crippen molar-refractivity contribution in [1.29, 1.82) is 0 Å². The van der Waals surface area contributed by atoms with Gasteiger partial charge >= 0.3 is 191 Å². The van der Waals surface area contributed by atoms with Gasteiger partial charge in [0.2, 0.25) is 0 Å². The fourth-order valence-corrected chi connectivity index (χ4v) is 4.20. The van der Waals surface area contributed by atoms with E-state index in [1.54, 1.807) is 42.5 Å². The van der Waals surface area contributed by atoms with Gasteiger partial charge in [-0.05, 0) is 0 Å². The number of amidine groups is 1. The van der Waals surface area contributed by atoms with Crippen molar-refractivity contribution in [3.63, 3.8) is 0 Å². The van der Waals surface area contributed by atoms with Crippen molar-refractivity contribution in [2.45, 2.75) is 0 Å². The Morgan fingerprint density at radius 2 is 1.69 bits per heavy atom. The number of para-hydroxylation sites is 2. The van der Waals surface area contributed by atoms with Crippen LogP contribution in [-0.4, -0.2) is 34.1 Å². The van der Waals surface area contributed by atoms with Crippen molar-refractivity contribution in [1.82, 2.24) is 0 Å². The number of nitrogens with two attached hydrogens (primary N) is 1. The van der Waals surface area contributed by atoms with Crippen LogP contribution in [0.2, 0.25) is 5.02 Å². The molecule has 12 heteroatoms. The van der Waals surface area contributed by atoms with E-state index >= 15 is 0 Å². The maximum atomic E-state index is 12.7. The molecule has 0 radical (unpaired) electrons. The first kappa shape index (κ1) is 23.2. The van der Waals surface area contributed by atoms with Crippen LogP contribution in [0, 0.1) is 0 Å². The summed E-state index contributed by atoms with van der Waals surface area (Å²) in [5.41, 5.74) is 9.36. The number of hydrogen-bond donors (Lipinski definition) is 5.